The van der Waals surface area contributed by atoms with E-state index in [1.165, 1.54) is 17.2 Å². The van der Waals surface area contributed by atoms with Crippen molar-refractivity contribution in [2.75, 3.05) is 0 Å². The van der Waals surface area contributed by atoms with Crippen LogP contribution in [0, 0.1) is 10.1 Å². The van der Waals surface area contributed by atoms with Gasteiger partial charge in [0.15, 0.2) is 0 Å². The average Bonchev–Trinajstić information content (AvgIpc) is 3.30. The predicted octanol–water partition coefficient (Wildman–Crippen LogP) is 6.24. The quantitative estimate of drug-likeness (QED) is 0.155. The van der Waals surface area contributed by atoms with Gasteiger partial charge in [0.1, 0.15) is 5.82 Å². The molecule has 0 atom stereocenters. The van der Waals surface area contributed by atoms with E-state index in [2.05, 4.69) is 4.57 Å². The van der Waals surface area contributed by atoms with Gasteiger partial charge in [-0.15, -0.1) is 0 Å². The molecule has 8 nitrogen and oxygen atoms in total. The summed E-state index contributed by atoms with van der Waals surface area (Å²) in [5.74, 6) is 0.929. The Morgan fingerprint density at radius 1 is 0.974 bits per heavy atom. The second-order valence-corrected chi connectivity index (χ2v) is 9.84. The molecular weight excluding hydrogens is 478 g/mol. The van der Waals surface area contributed by atoms with Crippen LogP contribution in [-0.2, 0) is 6.54 Å². The molecule has 6 rings (SSSR count). The van der Waals surface area contributed by atoms with E-state index in [4.69, 9.17) is 10.1 Å². The fourth-order valence-corrected chi connectivity index (χ4v) is 5.47. The lowest BCUT2D eigenvalue weighted by Gasteiger charge is -2.22. The highest BCUT2D eigenvalue weighted by Gasteiger charge is 2.22. The maximum atomic E-state index is 13.6. The first-order chi connectivity index (χ1) is 18.6. The molecule has 3 aromatic carbocycles. The minimum absolute atomic E-state index is 0.0687. The van der Waals surface area contributed by atoms with Crippen LogP contribution >= 0.6 is 0 Å². The summed E-state index contributed by atoms with van der Waals surface area (Å²) in [4.78, 5) is 29.3. The molecule has 0 unspecified atom stereocenters. The van der Waals surface area contributed by atoms with Gasteiger partial charge in [-0.2, -0.15) is 9.78 Å². The standard InChI is InChI=1S/C30H27N5O3/c36-30-26-14-4-6-15-27(26)32-29(22-10-2-1-3-11-22)34(30)31-18-23-20-33(28-16-7-5-13-25(23)28)19-21-9-8-12-24(17-21)35(37)38/h4-9,12-18,20,22H,1-3,10-11,19H2. The molecule has 1 fully saturated rings. The van der Waals surface area contributed by atoms with Crippen LogP contribution in [0.1, 0.15) is 55.0 Å². The number of nitro benzene ring substituents is 1. The summed E-state index contributed by atoms with van der Waals surface area (Å²) < 4.78 is 3.55. The Hall–Kier alpha value is -4.59. The third-order valence-corrected chi connectivity index (χ3v) is 7.36. The maximum absolute atomic E-state index is 13.6. The molecule has 0 radical (unpaired) electrons. The number of nitrogens with zero attached hydrogens (tertiary/aromatic N) is 5. The molecule has 5 aromatic rings. The topological polar surface area (TPSA) is 95.3 Å². The smallest absolute Gasteiger partial charge is 0.282 e. The van der Waals surface area contributed by atoms with E-state index < -0.39 is 0 Å². The monoisotopic (exact) mass is 505 g/mol. The van der Waals surface area contributed by atoms with Crippen LogP contribution in [0.3, 0.4) is 0 Å². The third kappa shape index (κ3) is 4.49. The highest BCUT2D eigenvalue weighted by atomic mass is 16.6. The van der Waals surface area contributed by atoms with Gasteiger partial charge in [0.05, 0.1) is 22.0 Å². The van der Waals surface area contributed by atoms with Crippen molar-refractivity contribution in [3.63, 3.8) is 0 Å². The maximum Gasteiger partial charge on any atom is 0.282 e. The van der Waals surface area contributed by atoms with Gasteiger partial charge in [-0.3, -0.25) is 14.9 Å². The number of hydrogen-bond acceptors (Lipinski definition) is 5. The van der Waals surface area contributed by atoms with Gasteiger partial charge in [-0.05, 0) is 36.6 Å². The van der Waals surface area contributed by atoms with Crippen molar-refractivity contribution in [1.29, 1.82) is 0 Å². The van der Waals surface area contributed by atoms with E-state index in [0.717, 1.165) is 53.5 Å². The molecule has 0 saturated heterocycles. The number of aromatic nitrogens is 3. The predicted molar refractivity (Wildman–Crippen MR) is 149 cm³/mol. The van der Waals surface area contributed by atoms with Gasteiger partial charge >= 0.3 is 0 Å². The van der Waals surface area contributed by atoms with Crippen LogP contribution in [-0.4, -0.2) is 25.4 Å². The highest BCUT2D eigenvalue weighted by Crippen LogP contribution is 2.32. The van der Waals surface area contributed by atoms with E-state index in [-0.39, 0.29) is 22.1 Å². The first-order valence-electron chi connectivity index (χ1n) is 13.0. The van der Waals surface area contributed by atoms with Crippen molar-refractivity contribution >= 4 is 33.7 Å². The first kappa shape index (κ1) is 23.8. The van der Waals surface area contributed by atoms with E-state index >= 15 is 0 Å². The number of nitro groups is 1. The molecule has 0 aliphatic heterocycles. The number of non-ortho nitro benzene ring substituents is 1. The molecule has 0 N–H and O–H groups in total. The molecule has 190 valence electrons. The van der Waals surface area contributed by atoms with Crippen molar-refractivity contribution < 1.29 is 4.92 Å². The number of hydrogen-bond donors (Lipinski definition) is 0. The normalized spacial score (nSPS) is 14.5. The fourth-order valence-electron chi connectivity index (χ4n) is 5.47. The second kappa shape index (κ2) is 10.0. The van der Waals surface area contributed by atoms with E-state index in [1.54, 1.807) is 24.4 Å². The Morgan fingerprint density at radius 3 is 2.55 bits per heavy atom. The number of rotatable bonds is 6. The highest BCUT2D eigenvalue weighted by molar-refractivity contribution is 5.99. The van der Waals surface area contributed by atoms with Crippen molar-refractivity contribution in [3.8, 4) is 0 Å². The summed E-state index contributed by atoms with van der Waals surface area (Å²) in [6.07, 6.45) is 9.18. The minimum Gasteiger partial charge on any atom is -0.342 e. The number of para-hydroxylation sites is 2. The molecule has 0 spiro atoms. The van der Waals surface area contributed by atoms with Crippen LogP contribution in [0.25, 0.3) is 21.8 Å². The van der Waals surface area contributed by atoms with Gasteiger partial charge < -0.3 is 4.57 Å². The molecule has 0 bridgehead atoms. The van der Waals surface area contributed by atoms with Gasteiger partial charge in [0, 0.05) is 47.3 Å². The van der Waals surface area contributed by atoms with Crippen molar-refractivity contribution in [1.82, 2.24) is 14.2 Å². The lowest BCUT2D eigenvalue weighted by Crippen LogP contribution is -2.25. The van der Waals surface area contributed by atoms with Crippen LogP contribution in [0.15, 0.2) is 88.9 Å². The van der Waals surface area contributed by atoms with Crippen LogP contribution in [0.2, 0.25) is 0 Å². The second-order valence-electron chi connectivity index (χ2n) is 9.84. The van der Waals surface area contributed by atoms with Crippen LogP contribution in [0.5, 0.6) is 0 Å². The summed E-state index contributed by atoms with van der Waals surface area (Å²) in [5.41, 5.74) is 3.29. The van der Waals surface area contributed by atoms with Crippen molar-refractivity contribution in [2.24, 2.45) is 5.10 Å². The summed E-state index contributed by atoms with van der Waals surface area (Å²) in [5, 5.41) is 17.5. The van der Waals surface area contributed by atoms with E-state index in [9.17, 15) is 14.9 Å². The van der Waals surface area contributed by atoms with Gasteiger partial charge in [-0.1, -0.05) is 61.7 Å². The van der Waals surface area contributed by atoms with Crippen molar-refractivity contribution in [2.45, 2.75) is 44.6 Å². The van der Waals surface area contributed by atoms with Crippen LogP contribution < -0.4 is 5.56 Å². The van der Waals surface area contributed by atoms with E-state index in [1.807, 2.05) is 54.7 Å². The third-order valence-electron chi connectivity index (χ3n) is 7.36. The van der Waals surface area contributed by atoms with Crippen molar-refractivity contribution in [3.05, 3.63) is 116 Å². The molecule has 2 heterocycles. The molecule has 8 heteroatoms. The van der Waals surface area contributed by atoms with E-state index in [0.29, 0.717) is 17.4 Å². The molecular formula is C30H27N5O3. The molecule has 1 aliphatic rings. The SMILES string of the molecule is O=c1c2ccccc2nc(C2CCCCC2)n1N=Cc1cn(Cc2cccc([N+](=O)[O-])c2)c2ccccc12. The van der Waals surface area contributed by atoms with Gasteiger partial charge in [0.25, 0.3) is 11.2 Å². The van der Waals surface area contributed by atoms with Crippen LogP contribution in [0.4, 0.5) is 5.69 Å². The lowest BCUT2D eigenvalue weighted by atomic mass is 9.88. The largest absolute Gasteiger partial charge is 0.342 e. The average molecular weight is 506 g/mol. The summed E-state index contributed by atoms with van der Waals surface area (Å²) in [6, 6.07) is 22.1. The Balaban J connectivity index is 1.43. The number of fused-ring (bicyclic) bond motifs is 2. The summed E-state index contributed by atoms with van der Waals surface area (Å²) in [6.45, 7) is 0.473. The van der Waals surface area contributed by atoms with Gasteiger partial charge in [0.2, 0.25) is 0 Å². The molecule has 38 heavy (non-hydrogen) atoms. The zero-order valence-corrected chi connectivity index (χ0v) is 20.9. The van der Waals surface area contributed by atoms with Gasteiger partial charge in [-0.25, -0.2) is 4.98 Å². The Kier molecular flexibility index (Phi) is 6.29. The molecule has 2 aromatic heterocycles. The zero-order chi connectivity index (χ0) is 26.1. The summed E-state index contributed by atoms with van der Waals surface area (Å²) >= 11 is 0. The fraction of sp³-hybridized carbons (Fsp3) is 0.233. The Morgan fingerprint density at radius 2 is 1.74 bits per heavy atom. The summed E-state index contributed by atoms with van der Waals surface area (Å²) in [7, 11) is 0. The zero-order valence-electron chi connectivity index (χ0n) is 20.9. The lowest BCUT2D eigenvalue weighted by molar-refractivity contribution is -0.384. The Bertz CT molecular complexity index is 1740. The molecule has 1 saturated carbocycles. The Labute approximate surface area is 219 Å². The minimum atomic E-state index is -0.380. The first-order valence-corrected chi connectivity index (χ1v) is 13.0. The molecule has 1 aliphatic carbocycles. The number of benzene rings is 3. The molecule has 0 amide bonds.